The van der Waals surface area contributed by atoms with Gasteiger partial charge in [-0.2, -0.15) is 0 Å². The van der Waals surface area contributed by atoms with Gasteiger partial charge in [-0.1, -0.05) is 6.92 Å². The first-order valence-electron chi connectivity index (χ1n) is 6.53. The van der Waals surface area contributed by atoms with Gasteiger partial charge in [0.05, 0.1) is 12.5 Å². The lowest BCUT2D eigenvalue weighted by molar-refractivity contribution is -0.141. The van der Waals surface area contributed by atoms with Gasteiger partial charge in [-0.05, 0) is 25.7 Å². The van der Waals surface area contributed by atoms with Crippen molar-refractivity contribution < 1.29 is 19.5 Å². The Balaban J connectivity index is 1.98. The molecule has 0 aromatic rings. The molecule has 1 aliphatic carbocycles. The van der Waals surface area contributed by atoms with Crippen LogP contribution in [0.3, 0.4) is 0 Å². The zero-order valence-electron chi connectivity index (χ0n) is 11.1. The summed E-state index contributed by atoms with van der Waals surface area (Å²) in [6.07, 6.45) is 3.13. The summed E-state index contributed by atoms with van der Waals surface area (Å²) in [5.74, 6) is -1.42. The second kappa shape index (κ2) is 7.60. The van der Waals surface area contributed by atoms with Crippen molar-refractivity contribution in [1.29, 1.82) is 0 Å². The molecule has 0 heterocycles. The molecule has 1 aliphatic rings. The Bertz CT molecular complexity index is 342. The molecule has 1 rings (SSSR count). The minimum absolute atomic E-state index is 0.0339. The number of nitrogens with one attached hydrogen (secondary N) is 3. The van der Waals surface area contributed by atoms with Crippen molar-refractivity contribution >= 4 is 17.9 Å². The standard InChI is InChI=1S/C12H21N3O4/c1-8(11(17)18)3-2-6-13-12(19)14-7-10(16)15-9-4-5-9/h8-9H,2-7H2,1H3,(H,15,16)(H,17,18)(H2,13,14,19). The minimum atomic E-state index is -0.832. The largest absolute Gasteiger partial charge is 0.481 e. The number of carboxylic acids is 1. The predicted octanol–water partition coefficient (Wildman–Crippen LogP) is 0.0651. The summed E-state index contributed by atoms with van der Waals surface area (Å²) in [5.41, 5.74) is 0. The van der Waals surface area contributed by atoms with Gasteiger partial charge < -0.3 is 21.1 Å². The van der Waals surface area contributed by atoms with Crippen molar-refractivity contribution in [2.24, 2.45) is 5.92 Å². The van der Waals surface area contributed by atoms with Crippen LogP contribution in [0.4, 0.5) is 4.79 Å². The van der Waals surface area contributed by atoms with Crippen molar-refractivity contribution in [1.82, 2.24) is 16.0 Å². The highest BCUT2D eigenvalue weighted by molar-refractivity contribution is 5.84. The van der Waals surface area contributed by atoms with Crippen molar-refractivity contribution in [2.45, 2.75) is 38.6 Å². The average Bonchev–Trinajstić information content (AvgIpc) is 3.15. The van der Waals surface area contributed by atoms with Gasteiger partial charge in [0.15, 0.2) is 0 Å². The fourth-order valence-electron chi connectivity index (χ4n) is 1.46. The SMILES string of the molecule is CC(CCCNC(=O)NCC(=O)NC1CC1)C(=O)O. The van der Waals surface area contributed by atoms with Gasteiger partial charge in [0.25, 0.3) is 0 Å². The number of carbonyl (C=O) groups excluding carboxylic acids is 2. The molecule has 1 saturated carbocycles. The van der Waals surface area contributed by atoms with Gasteiger partial charge >= 0.3 is 12.0 Å². The molecule has 0 aromatic carbocycles. The van der Waals surface area contributed by atoms with E-state index in [9.17, 15) is 14.4 Å². The van der Waals surface area contributed by atoms with Crippen LogP contribution in [0.2, 0.25) is 0 Å². The molecule has 0 spiro atoms. The molecule has 0 aromatic heterocycles. The Kier molecular flexibility index (Phi) is 6.11. The fourth-order valence-corrected chi connectivity index (χ4v) is 1.46. The molecule has 7 nitrogen and oxygen atoms in total. The molecule has 0 radical (unpaired) electrons. The molecule has 1 unspecified atom stereocenters. The highest BCUT2D eigenvalue weighted by atomic mass is 16.4. The van der Waals surface area contributed by atoms with Crippen LogP contribution in [0.25, 0.3) is 0 Å². The van der Waals surface area contributed by atoms with Crippen LogP contribution in [0.5, 0.6) is 0 Å². The molecule has 3 amide bonds. The monoisotopic (exact) mass is 271 g/mol. The second-order valence-electron chi connectivity index (χ2n) is 4.83. The molecular weight excluding hydrogens is 250 g/mol. The zero-order valence-corrected chi connectivity index (χ0v) is 11.1. The summed E-state index contributed by atoms with van der Waals surface area (Å²) in [7, 11) is 0. The van der Waals surface area contributed by atoms with E-state index < -0.39 is 17.9 Å². The van der Waals surface area contributed by atoms with Crippen molar-refractivity contribution in [2.75, 3.05) is 13.1 Å². The van der Waals surface area contributed by atoms with Crippen LogP contribution in [0.15, 0.2) is 0 Å². The number of urea groups is 1. The van der Waals surface area contributed by atoms with E-state index in [1.165, 1.54) is 0 Å². The fraction of sp³-hybridized carbons (Fsp3) is 0.750. The van der Waals surface area contributed by atoms with E-state index in [-0.39, 0.29) is 18.5 Å². The number of carboxylic acid groups (broad SMARTS) is 1. The third-order valence-electron chi connectivity index (χ3n) is 2.87. The number of aliphatic carboxylic acids is 1. The maximum Gasteiger partial charge on any atom is 0.315 e. The second-order valence-corrected chi connectivity index (χ2v) is 4.83. The van der Waals surface area contributed by atoms with Gasteiger partial charge in [0, 0.05) is 12.6 Å². The number of hydrogen-bond acceptors (Lipinski definition) is 3. The summed E-state index contributed by atoms with van der Waals surface area (Å²) in [6.45, 7) is 1.99. The van der Waals surface area contributed by atoms with Crippen LogP contribution >= 0.6 is 0 Å². The lowest BCUT2D eigenvalue weighted by Gasteiger charge is -2.09. The van der Waals surface area contributed by atoms with E-state index in [0.29, 0.717) is 19.4 Å². The summed E-state index contributed by atoms with van der Waals surface area (Å²) >= 11 is 0. The summed E-state index contributed by atoms with van der Waals surface area (Å²) in [5, 5.41) is 16.5. The Morgan fingerprint density at radius 2 is 1.95 bits per heavy atom. The number of rotatable bonds is 8. The molecule has 19 heavy (non-hydrogen) atoms. The Morgan fingerprint density at radius 1 is 1.26 bits per heavy atom. The van der Waals surface area contributed by atoms with Crippen LogP contribution in [0, 0.1) is 5.92 Å². The van der Waals surface area contributed by atoms with E-state index in [2.05, 4.69) is 16.0 Å². The highest BCUT2D eigenvalue weighted by Gasteiger charge is 2.23. The number of amides is 3. The molecular formula is C12H21N3O4. The van der Waals surface area contributed by atoms with Crippen molar-refractivity contribution in [3.05, 3.63) is 0 Å². The van der Waals surface area contributed by atoms with Gasteiger partial charge in [-0.3, -0.25) is 9.59 Å². The maximum atomic E-state index is 11.3. The number of carbonyl (C=O) groups is 3. The normalized spacial score (nSPS) is 15.4. The third-order valence-corrected chi connectivity index (χ3v) is 2.87. The first-order chi connectivity index (χ1) is 8.99. The predicted molar refractivity (Wildman–Crippen MR) is 68.6 cm³/mol. The van der Waals surface area contributed by atoms with E-state index in [1.54, 1.807) is 6.92 Å². The third kappa shape index (κ3) is 7.28. The van der Waals surface area contributed by atoms with Crippen LogP contribution in [-0.2, 0) is 9.59 Å². The average molecular weight is 271 g/mol. The molecule has 1 fully saturated rings. The van der Waals surface area contributed by atoms with Crippen LogP contribution in [-0.4, -0.2) is 42.1 Å². The van der Waals surface area contributed by atoms with E-state index in [4.69, 9.17) is 5.11 Å². The van der Waals surface area contributed by atoms with Crippen molar-refractivity contribution in [3.8, 4) is 0 Å². The quantitative estimate of drug-likeness (QED) is 0.468. The minimum Gasteiger partial charge on any atom is -0.481 e. The topological polar surface area (TPSA) is 108 Å². The zero-order chi connectivity index (χ0) is 14.3. The summed E-state index contributed by atoms with van der Waals surface area (Å²) in [6, 6.07) is -0.121. The molecule has 7 heteroatoms. The Hall–Kier alpha value is -1.79. The van der Waals surface area contributed by atoms with Crippen LogP contribution in [0.1, 0.15) is 32.6 Å². The highest BCUT2D eigenvalue weighted by Crippen LogP contribution is 2.18. The number of hydrogen-bond donors (Lipinski definition) is 4. The van der Waals surface area contributed by atoms with Crippen LogP contribution < -0.4 is 16.0 Å². The molecule has 1 atom stereocenters. The van der Waals surface area contributed by atoms with E-state index in [1.807, 2.05) is 0 Å². The first kappa shape index (κ1) is 15.3. The Morgan fingerprint density at radius 3 is 2.53 bits per heavy atom. The first-order valence-corrected chi connectivity index (χ1v) is 6.53. The Labute approximate surface area is 112 Å². The molecule has 4 N–H and O–H groups in total. The van der Waals surface area contributed by atoms with Crippen molar-refractivity contribution in [3.63, 3.8) is 0 Å². The molecule has 0 aliphatic heterocycles. The lowest BCUT2D eigenvalue weighted by Crippen LogP contribution is -2.42. The van der Waals surface area contributed by atoms with Gasteiger partial charge in [-0.15, -0.1) is 0 Å². The molecule has 0 saturated heterocycles. The van der Waals surface area contributed by atoms with E-state index >= 15 is 0 Å². The smallest absolute Gasteiger partial charge is 0.315 e. The molecule has 0 bridgehead atoms. The van der Waals surface area contributed by atoms with Gasteiger partial charge in [-0.25, -0.2) is 4.79 Å². The summed E-state index contributed by atoms with van der Waals surface area (Å²) < 4.78 is 0. The van der Waals surface area contributed by atoms with Gasteiger partial charge in [0.1, 0.15) is 0 Å². The summed E-state index contributed by atoms with van der Waals surface area (Å²) in [4.78, 5) is 33.1. The maximum absolute atomic E-state index is 11.3. The van der Waals surface area contributed by atoms with Gasteiger partial charge in [0.2, 0.25) is 5.91 Å². The van der Waals surface area contributed by atoms with E-state index in [0.717, 1.165) is 12.8 Å². The molecule has 108 valence electrons. The lowest BCUT2D eigenvalue weighted by atomic mass is 10.1.